The number of carbonyl (C=O) groups excluding carboxylic acids is 3. The maximum Gasteiger partial charge on any atom is 1.00 e. The van der Waals surface area contributed by atoms with Gasteiger partial charge in [0.25, 0.3) is 5.91 Å². The molecule has 136 valence electrons. The van der Waals surface area contributed by atoms with Crippen LogP contribution in [-0.2, 0) is 26.0 Å². The van der Waals surface area contributed by atoms with E-state index in [1.807, 2.05) is 0 Å². The molecule has 2 aliphatic heterocycles. The van der Waals surface area contributed by atoms with Crippen molar-refractivity contribution in [3.05, 3.63) is 11.9 Å². The second-order valence-corrected chi connectivity index (χ2v) is 8.77. The average Bonchev–Trinajstić information content (AvgIpc) is 3.01. The number of rotatable bonds is 5. The molecule has 0 radical (unpaired) electrons. The summed E-state index contributed by atoms with van der Waals surface area (Å²) in [5.74, 6) is -2.68. The molecule has 0 spiro atoms. The number of aliphatic carboxylic acids is 1. The van der Waals surface area contributed by atoms with Crippen molar-refractivity contribution in [2.75, 3.05) is 6.54 Å². The van der Waals surface area contributed by atoms with E-state index in [-0.39, 0.29) is 48.2 Å². The van der Waals surface area contributed by atoms with Gasteiger partial charge in [0.15, 0.2) is 15.5 Å². The first-order valence-corrected chi connectivity index (χ1v) is 9.12. The predicted molar refractivity (Wildman–Crippen MR) is 79.4 cm³/mol. The minimum atomic E-state index is -3.98. The van der Waals surface area contributed by atoms with Crippen molar-refractivity contribution >= 4 is 27.6 Å². The van der Waals surface area contributed by atoms with E-state index in [4.69, 9.17) is 0 Å². The number of fused-ring (bicyclic) bond motifs is 1. The van der Waals surface area contributed by atoms with E-state index in [0.29, 0.717) is 6.54 Å². The summed E-state index contributed by atoms with van der Waals surface area (Å²) in [6.07, 6.45) is 0.985. The molecule has 1 N–H and O–H groups in total. The third kappa shape index (κ3) is 2.84. The van der Waals surface area contributed by atoms with E-state index < -0.39 is 43.8 Å². The van der Waals surface area contributed by atoms with Gasteiger partial charge >= 0.3 is 29.6 Å². The molecule has 2 amide bonds. The first-order valence-electron chi connectivity index (χ1n) is 7.57. The van der Waals surface area contributed by atoms with E-state index in [1.165, 1.54) is 13.1 Å². The van der Waals surface area contributed by atoms with Gasteiger partial charge in [-0.25, -0.2) is 8.42 Å². The number of hydrogen-bond donors (Lipinski definition) is 1. The molecule has 1 aromatic rings. The Morgan fingerprint density at radius 2 is 2.12 bits per heavy atom. The van der Waals surface area contributed by atoms with Crippen LogP contribution >= 0.6 is 0 Å². The summed E-state index contributed by atoms with van der Waals surface area (Å²) in [5.41, 5.74) is -0.0230. The fraction of sp³-hybridized carbons (Fsp3) is 0.615. The van der Waals surface area contributed by atoms with Gasteiger partial charge in [0, 0.05) is 6.54 Å². The van der Waals surface area contributed by atoms with E-state index in [0.717, 1.165) is 9.58 Å². The number of carbonyl (C=O) groups is 3. The van der Waals surface area contributed by atoms with Gasteiger partial charge in [0.05, 0.1) is 31.2 Å². The van der Waals surface area contributed by atoms with Gasteiger partial charge < -0.3 is 20.1 Å². The molecular formula is C13H16N5NaO6S. The number of nitrogens with one attached hydrogen (secondary N) is 1. The van der Waals surface area contributed by atoms with Crippen molar-refractivity contribution in [2.45, 2.75) is 43.0 Å². The van der Waals surface area contributed by atoms with E-state index >= 15 is 0 Å². The summed E-state index contributed by atoms with van der Waals surface area (Å²) in [4.78, 5) is 35.8. The molecule has 2 aliphatic rings. The molecule has 3 heterocycles. The van der Waals surface area contributed by atoms with Gasteiger partial charge in [-0.3, -0.25) is 14.3 Å². The summed E-state index contributed by atoms with van der Waals surface area (Å²) >= 11 is 0. The van der Waals surface area contributed by atoms with Crippen molar-refractivity contribution in [2.24, 2.45) is 0 Å². The fourth-order valence-electron chi connectivity index (χ4n) is 3.32. The van der Waals surface area contributed by atoms with E-state index in [2.05, 4.69) is 15.6 Å². The second-order valence-electron chi connectivity index (χ2n) is 6.20. The standard InChI is InChI=1S/C13H17N5O6S.Na/c1-3-14-11(20)7-5-17(16-15-7)6-13(2)10(12(21)22)18-8(19)4-9(18)25(13,23)24;/h5,9-10H,3-4,6H2,1-2H3,(H,14,20)(H,21,22);/q;+1/p-1/t9-,10-,13-;/m0./s1. The largest absolute Gasteiger partial charge is 1.00 e. The first kappa shape index (κ1) is 20.8. The zero-order chi connectivity index (χ0) is 18.6. The smallest absolute Gasteiger partial charge is 0.548 e. The Kier molecular flexibility index (Phi) is 5.53. The number of β-lactam (4-membered cyclic amide) rings is 1. The Labute approximate surface area is 171 Å². The SMILES string of the molecule is CCNC(=O)c1cn(C[C@@]2(C)[C@H](C(=O)[O-])N3C(=O)C[C@@H]3S2(=O)=O)nn1.[Na+]. The molecule has 2 fully saturated rings. The molecule has 2 saturated heterocycles. The second kappa shape index (κ2) is 6.91. The molecule has 13 heteroatoms. The fourth-order valence-corrected chi connectivity index (χ4v) is 5.68. The van der Waals surface area contributed by atoms with Gasteiger partial charge in [-0.05, 0) is 13.8 Å². The summed E-state index contributed by atoms with van der Waals surface area (Å²) in [6.45, 7) is 2.96. The summed E-state index contributed by atoms with van der Waals surface area (Å²) < 4.78 is 24.8. The molecule has 0 aliphatic carbocycles. The normalized spacial score (nSPS) is 28.7. The molecule has 0 bridgehead atoms. The average molecular weight is 393 g/mol. The minimum absolute atomic E-state index is 0. The van der Waals surface area contributed by atoms with Crippen LogP contribution in [0.1, 0.15) is 30.8 Å². The van der Waals surface area contributed by atoms with Crippen molar-refractivity contribution in [3.8, 4) is 0 Å². The number of sulfone groups is 1. The zero-order valence-electron chi connectivity index (χ0n) is 14.5. The first-order chi connectivity index (χ1) is 11.6. The summed E-state index contributed by atoms with van der Waals surface area (Å²) in [5, 5.41) is 20.3. The molecule has 3 rings (SSSR count). The Morgan fingerprint density at radius 3 is 2.65 bits per heavy atom. The van der Waals surface area contributed by atoms with Gasteiger partial charge in [0.2, 0.25) is 5.91 Å². The van der Waals surface area contributed by atoms with Crippen LogP contribution in [0.4, 0.5) is 0 Å². The number of carboxylic acids is 1. The van der Waals surface area contributed by atoms with Crippen LogP contribution in [0.15, 0.2) is 6.20 Å². The molecule has 1 aromatic heterocycles. The minimum Gasteiger partial charge on any atom is -0.548 e. The van der Waals surface area contributed by atoms with Crippen LogP contribution in [-0.4, -0.2) is 68.8 Å². The van der Waals surface area contributed by atoms with Gasteiger partial charge in [-0.15, -0.1) is 5.10 Å². The topological polar surface area (TPSA) is 154 Å². The number of carboxylic acid groups (broad SMARTS) is 1. The van der Waals surface area contributed by atoms with Crippen LogP contribution in [0.3, 0.4) is 0 Å². The Hall–Kier alpha value is -1.50. The van der Waals surface area contributed by atoms with Crippen LogP contribution in [0.2, 0.25) is 0 Å². The van der Waals surface area contributed by atoms with E-state index in [1.54, 1.807) is 6.92 Å². The monoisotopic (exact) mass is 393 g/mol. The molecule has 0 aromatic carbocycles. The van der Waals surface area contributed by atoms with Crippen molar-refractivity contribution in [1.29, 1.82) is 0 Å². The molecular weight excluding hydrogens is 377 g/mol. The molecule has 26 heavy (non-hydrogen) atoms. The molecule has 11 nitrogen and oxygen atoms in total. The predicted octanol–water partition coefficient (Wildman–Crippen LogP) is -6.10. The Balaban J connectivity index is 0.00000243. The van der Waals surface area contributed by atoms with Crippen molar-refractivity contribution in [1.82, 2.24) is 25.2 Å². The Bertz CT molecular complexity index is 870. The van der Waals surface area contributed by atoms with E-state index in [9.17, 15) is 27.9 Å². The third-order valence-corrected chi connectivity index (χ3v) is 7.38. The van der Waals surface area contributed by atoms with Gasteiger partial charge in [0.1, 0.15) is 10.1 Å². The number of nitrogens with zero attached hydrogens (tertiary/aromatic N) is 4. The molecule has 0 saturated carbocycles. The van der Waals surface area contributed by atoms with Crippen LogP contribution in [0.25, 0.3) is 0 Å². The number of aromatic nitrogens is 3. The maximum atomic E-state index is 12.8. The number of hydrogen-bond acceptors (Lipinski definition) is 8. The zero-order valence-corrected chi connectivity index (χ0v) is 17.3. The van der Waals surface area contributed by atoms with Crippen LogP contribution in [0, 0.1) is 0 Å². The van der Waals surface area contributed by atoms with Crippen molar-refractivity contribution in [3.63, 3.8) is 0 Å². The summed E-state index contributed by atoms with van der Waals surface area (Å²) in [7, 11) is -3.98. The van der Waals surface area contributed by atoms with Crippen molar-refractivity contribution < 1.29 is 57.5 Å². The number of amides is 2. The Morgan fingerprint density at radius 1 is 1.46 bits per heavy atom. The van der Waals surface area contributed by atoms with Crippen LogP contribution < -0.4 is 40.0 Å². The quantitative estimate of drug-likeness (QED) is 0.383. The summed E-state index contributed by atoms with van der Waals surface area (Å²) in [6, 6.07) is -1.62. The molecule has 3 atom stereocenters. The third-order valence-electron chi connectivity index (χ3n) is 4.62. The molecule has 0 unspecified atom stereocenters. The van der Waals surface area contributed by atoms with Crippen LogP contribution in [0.5, 0.6) is 0 Å². The van der Waals surface area contributed by atoms with Gasteiger partial charge in [-0.1, -0.05) is 5.21 Å². The van der Waals surface area contributed by atoms with Gasteiger partial charge in [-0.2, -0.15) is 0 Å². The maximum absolute atomic E-state index is 12.8.